The number of aromatic nitrogens is 1. The van der Waals surface area contributed by atoms with E-state index in [2.05, 4.69) is 39.7 Å². The van der Waals surface area contributed by atoms with Crippen molar-refractivity contribution >= 4 is 39.9 Å². The Labute approximate surface area is 148 Å². The van der Waals surface area contributed by atoms with Gasteiger partial charge >= 0.3 is 0 Å². The number of thiazole rings is 1. The molecule has 0 spiro atoms. The monoisotopic (exact) mass is 362 g/mol. The van der Waals surface area contributed by atoms with Crippen molar-refractivity contribution in [3.63, 3.8) is 0 Å². The summed E-state index contributed by atoms with van der Waals surface area (Å²) >= 11 is 5.03. The van der Waals surface area contributed by atoms with Gasteiger partial charge in [0.05, 0.1) is 17.1 Å². The van der Waals surface area contributed by atoms with Gasteiger partial charge in [-0.25, -0.2) is 4.98 Å². The standard InChI is InChI=1S/C17H18N2OS3/c1-17(2,3)16(20)18-8-12-4-5-14(23-12)13-10-22-15(19-13)11-6-7-21-9-11/h4-7,9-10H,8H2,1-3H3,(H,18,20). The lowest BCUT2D eigenvalue weighted by Gasteiger charge is -2.17. The van der Waals surface area contributed by atoms with Crippen LogP contribution in [-0.2, 0) is 11.3 Å². The zero-order chi connectivity index (χ0) is 16.4. The van der Waals surface area contributed by atoms with Gasteiger partial charge in [-0.1, -0.05) is 20.8 Å². The smallest absolute Gasteiger partial charge is 0.225 e. The average molecular weight is 363 g/mol. The highest BCUT2D eigenvalue weighted by atomic mass is 32.1. The van der Waals surface area contributed by atoms with E-state index in [1.54, 1.807) is 34.0 Å². The molecule has 3 rings (SSSR count). The van der Waals surface area contributed by atoms with Gasteiger partial charge in [0, 0.05) is 26.6 Å². The minimum atomic E-state index is -0.357. The number of carbonyl (C=O) groups excluding carboxylic acids is 1. The lowest BCUT2D eigenvalue weighted by Crippen LogP contribution is -2.34. The van der Waals surface area contributed by atoms with Crippen LogP contribution in [0.2, 0.25) is 0 Å². The third-order valence-electron chi connectivity index (χ3n) is 3.29. The summed E-state index contributed by atoms with van der Waals surface area (Å²) in [6, 6.07) is 6.23. The van der Waals surface area contributed by atoms with Crippen LogP contribution in [-0.4, -0.2) is 10.9 Å². The van der Waals surface area contributed by atoms with Crippen LogP contribution in [0.4, 0.5) is 0 Å². The van der Waals surface area contributed by atoms with E-state index in [1.807, 2.05) is 20.8 Å². The molecule has 0 fully saturated rings. The highest BCUT2D eigenvalue weighted by molar-refractivity contribution is 7.17. The average Bonchev–Trinajstić information content (AvgIpc) is 3.21. The van der Waals surface area contributed by atoms with E-state index in [0.29, 0.717) is 6.54 Å². The summed E-state index contributed by atoms with van der Waals surface area (Å²) in [5.41, 5.74) is 1.83. The predicted octanol–water partition coefficient (Wildman–Crippen LogP) is 5.26. The van der Waals surface area contributed by atoms with Crippen LogP contribution in [0, 0.1) is 5.41 Å². The molecule has 6 heteroatoms. The molecule has 3 aromatic heterocycles. The minimum absolute atomic E-state index is 0.0702. The van der Waals surface area contributed by atoms with E-state index >= 15 is 0 Å². The van der Waals surface area contributed by atoms with Crippen LogP contribution in [0.3, 0.4) is 0 Å². The van der Waals surface area contributed by atoms with Gasteiger partial charge in [0.1, 0.15) is 5.01 Å². The van der Waals surface area contributed by atoms with Crippen molar-refractivity contribution in [1.82, 2.24) is 10.3 Å². The summed E-state index contributed by atoms with van der Waals surface area (Å²) < 4.78 is 0. The molecule has 0 aliphatic rings. The first-order valence-electron chi connectivity index (χ1n) is 7.29. The van der Waals surface area contributed by atoms with E-state index in [4.69, 9.17) is 4.98 Å². The van der Waals surface area contributed by atoms with Gasteiger partial charge in [-0.15, -0.1) is 22.7 Å². The molecule has 3 heterocycles. The Morgan fingerprint density at radius 2 is 2.04 bits per heavy atom. The van der Waals surface area contributed by atoms with Gasteiger partial charge in [-0.2, -0.15) is 11.3 Å². The third-order valence-corrected chi connectivity index (χ3v) is 5.97. The fourth-order valence-electron chi connectivity index (χ4n) is 1.95. The van der Waals surface area contributed by atoms with Crippen molar-refractivity contribution in [3.8, 4) is 21.1 Å². The molecule has 23 heavy (non-hydrogen) atoms. The second-order valence-corrected chi connectivity index (χ2v) is 9.06. The van der Waals surface area contributed by atoms with Crippen LogP contribution in [0.15, 0.2) is 34.3 Å². The molecule has 0 aliphatic heterocycles. The van der Waals surface area contributed by atoms with Crippen molar-refractivity contribution in [3.05, 3.63) is 39.2 Å². The molecule has 0 aliphatic carbocycles. The molecule has 120 valence electrons. The maximum atomic E-state index is 11.9. The van der Waals surface area contributed by atoms with Gasteiger partial charge in [-0.3, -0.25) is 4.79 Å². The second-order valence-electron chi connectivity index (χ2n) is 6.25. The van der Waals surface area contributed by atoms with E-state index in [1.165, 1.54) is 5.56 Å². The summed E-state index contributed by atoms with van der Waals surface area (Å²) in [6.07, 6.45) is 0. The third kappa shape index (κ3) is 3.88. The summed E-state index contributed by atoms with van der Waals surface area (Å²) in [6.45, 7) is 6.33. The highest BCUT2D eigenvalue weighted by Gasteiger charge is 2.20. The SMILES string of the molecule is CC(C)(C)C(=O)NCc1ccc(-c2csc(-c3ccsc3)n2)s1. The van der Waals surface area contributed by atoms with Gasteiger partial charge < -0.3 is 5.32 Å². The Kier molecular flexibility index (Phi) is 4.66. The van der Waals surface area contributed by atoms with E-state index < -0.39 is 0 Å². The van der Waals surface area contributed by atoms with Gasteiger partial charge in [0.2, 0.25) is 5.91 Å². The minimum Gasteiger partial charge on any atom is -0.351 e. The largest absolute Gasteiger partial charge is 0.351 e. The Hall–Kier alpha value is -1.50. The number of nitrogens with zero attached hydrogens (tertiary/aromatic N) is 1. The number of hydrogen-bond acceptors (Lipinski definition) is 5. The fourth-order valence-corrected chi connectivity index (χ4v) is 4.46. The normalized spacial score (nSPS) is 11.6. The van der Waals surface area contributed by atoms with Crippen molar-refractivity contribution in [2.24, 2.45) is 5.41 Å². The second kappa shape index (κ2) is 6.55. The van der Waals surface area contributed by atoms with Crippen molar-refractivity contribution in [2.45, 2.75) is 27.3 Å². The Morgan fingerprint density at radius 3 is 2.74 bits per heavy atom. The summed E-state index contributed by atoms with van der Waals surface area (Å²) in [5, 5.41) is 10.3. The first-order chi connectivity index (χ1) is 10.9. The molecule has 0 atom stereocenters. The number of amides is 1. The number of hydrogen-bond donors (Lipinski definition) is 1. The molecule has 1 N–H and O–H groups in total. The van der Waals surface area contributed by atoms with E-state index in [-0.39, 0.29) is 11.3 Å². The molecule has 0 radical (unpaired) electrons. The lowest BCUT2D eigenvalue weighted by molar-refractivity contribution is -0.128. The summed E-state index contributed by atoms with van der Waals surface area (Å²) in [4.78, 5) is 18.9. The molecule has 0 aromatic carbocycles. The van der Waals surface area contributed by atoms with Crippen LogP contribution in [0.5, 0.6) is 0 Å². The molecule has 3 nitrogen and oxygen atoms in total. The Bertz CT molecular complexity index is 794. The predicted molar refractivity (Wildman–Crippen MR) is 100 cm³/mol. The van der Waals surface area contributed by atoms with Gasteiger partial charge in [0.15, 0.2) is 0 Å². The first-order valence-corrected chi connectivity index (χ1v) is 9.93. The Balaban J connectivity index is 1.69. The maximum Gasteiger partial charge on any atom is 0.225 e. The topological polar surface area (TPSA) is 42.0 Å². The number of nitrogens with one attached hydrogen (secondary N) is 1. The van der Waals surface area contributed by atoms with Crippen LogP contribution < -0.4 is 5.32 Å². The van der Waals surface area contributed by atoms with Crippen molar-refractivity contribution < 1.29 is 4.79 Å². The lowest BCUT2D eigenvalue weighted by atomic mass is 9.96. The number of rotatable bonds is 4. The molecular formula is C17H18N2OS3. The van der Waals surface area contributed by atoms with Crippen molar-refractivity contribution in [1.29, 1.82) is 0 Å². The van der Waals surface area contributed by atoms with E-state index in [9.17, 15) is 4.79 Å². The molecule has 0 bridgehead atoms. The molecule has 1 amide bonds. The Morgan fingerprint density at radius 1 is 1.22 bits per heavy atom. The molecule has 3 aromatic rings. The van der Waals surface area contributed by atoms with Crippen molar-refractivity contribution in [2.75, 3.05) is 0 Å². The molecular weight excluding hydrogens is 344 g/mol. The fraction of sp³-hybridized carbons (Fsp3) is 0.294. The zero-order valence-corrected chi connectivity index (χ0v) is 15.7. The molecule has 0 unspecified atom stereocenters. The molecule has 0 saturated carbocycles. The first kappa shape index (κ1) is 16.4. The van der Waals surface area contributed by atoms with E-state index in [0.717, 1.165) is 20.5 Å². The van der Waals surface area contributed by atoms with Gasteiger partial charge in [0.25, 0.3) is 0 Å². The summed E-state index contributed by atoms with van der Waals surface area (Å²) in [7, 11) is 0. The van der Waals surface area contributed by atoms with Crippen LogP contribution in [0.1, 0.15) is 25.6 Å². The summed E-state index contributed by atoms with van der Waals surface area (Å²) in [5.74, 6) is 0.0702. The number of thiophene rings is 2. The highest BCUT2D eigenvalue weighted by Crippen LogP contribution is 2.33. The number of carbonyl (C=O) groups is 1. The van der Waals surface area contributed by atoms with Gasteiger partial charge in [-0.05, 0) is 23.6 Å². The maximum absolute atomic E-state index is 11.9. The van der Waals surface area contributed by atoms with Crippen LogP contribution >= 0.6 is 34.0 Å². The molecule has 0 saturated heterocycles. The van der Waals surface area contributed by atoms with Crippen LogP contribution in [0.25, 0.3) is 21.1 Å². The quantitative estimate of drug-likeness (QED) is 0.687. The zero-order valence-electron chi connectivity index (χ0n) is 13.3.